The zero-order valence-electron chi connectivity index (χ0n) is 17.6. The molecule has 184 valence electrons. The molecule has 4 heterocycles. The minimum atomic E-state index is -5.08. The molecule has 11 nitrogen and oxygen atoms in total. The third kappa shape index (κ3) is 6.62. The fourth-order valence-corrected chi connectivity index (χ4v) is 3.05. The van der Waals surface area contributed by atoms with Crippen LogP contribution in [0.5, 0.6) is 0 Å². The van der Waals surface area contributed by atoms with Crippen LogP contribution >= 0.6 is 11.6 Å². The van der Waals surface area contributed by atoms with Crippen molar-refractivity contribution in [2.75, 3.05) is 32.5 Å². The number of carbonyl (C=O) groups excluding carboxylic acids is 1. The number of halogens is 4. The van der Waals surface area contributed by atoms with Crippen LogP contribution in [0.2, 0.25) is 5.02 Å². The molecule has 34 heavy (non-hydrogen) atoms. The SMILES string of the molecule is CNC(=O)C1=CC=C2CNCN2C1.Nc1ncc2cc(Cl)c(C(=O)O)cn12.O=C(O)C(F)(F)F. The standard InChI is InChI=1S/C9H13N3O.C8H6ClN3O2.C2HF3O2/c1-10-9(13)7-2-3-8-4-11-6-12(8)5-7;9-6-1-4-2-11-8(10)12(4)3-5(6)7(13)14;3-2(4,5)1(6)7/h2-3,11H,4-6H2,1H3,(H,10,13);1-3H,(H2,10,11)(H,13,14);(H,6,7). The number of anilines is 1. The molecule has 15 heteroatoms. The molecule has 0 aliphatic carbocycles. The smallest absolute Gasteiger partial charge is 0.478 e. The zero-order chi connectivity index (χ0) is 25.6. The Balaban J connectivity index is 0.000000191. The summed E-state index contributed by atoms with van der Waals surface area (Å²) in [7, 11) is 1.66. The first-order valence-corrected chi connectivity index (χ1v) is 9.76. The number of fused-ring (bicyclic) bond motifs is 2. The molecule has 0 bridgehead atoms. The van der Waals surface area contributed by atoms with Crippen molar-refractivity contribution in [3.05, 3.63) is 52.5 Å². The molecule has 1 saturated heterocycles. The summed E-state index contributed by atoms with van der Waals surface area (Å²) in [6, 6.07) is 1.51. The molecule has 0 atom stereocenters. The van der Waals surface area contributed by atoms with E-state index in [1.807, 2.05) is 12.2 Å². The van der Waals surface area contributed by atoms with E-state index in [2.05, 4.69) is 20.5 Å². The molecule has 0 spiro atoms. The molecule has 2 aliphatic heterocycles. The number of hydrogen-bond donors (Lipinski definition) is 5. The molecule has 4 rings (SSSR count). The van der Waals surface area contributed by atoms with Crippen molar-refractivity contribution < 1.29 is 37.8 Å². The lowest BCUT2D eigenvalue weighted by Crippen LogP contribution is -2.32. The maximum absolute atomic E-state index is 11.3. The molecule has 0 radical (unpaired) electrons. The van der Waals surface area contributed by atoms with Crippen molar-refractivity contribution in [2.24, 2.45) is 0 Å². The van der Waals surface area contributed by atoms with E-state index in [4.69, 9.17) is 32.3 Å². The summed E-state index contributed by atoms with van der Waals surface area (Å²) in [6.07, 6.45) is 1.70. The number of carbonyl (C=O) groups is 3. The van der Waals surface area contributed by atoms with E-state index in [1.165, 1.54) is 28.6 Å². The molecule has 1 amide bonds. The van der Waals surface area contributed by atoms with Crippen LogP contribution in [0.1, 0.15) is 10.4 Å². The predicted molar refractivity (Wildman–Crippen MR) is 115 cm³/mol. The molecular weight excluding hydrogens is 485 g/mol. The van der Waals surface area contributed by atoms with Crippen LogP contribution in [-0.4, -0.2) is 75.3 Å². The summed E-state index contributed by atoms with van der Waals surface area (Å²) in [5.41, 5.74) is 8.28. The molecule has 0 saturated carbocycles. The van der Waals surface area contributed by atoms with Gasteiger partial charge >= 0.3 is 18.1 Å². The zero-order valence-corrected chi connectivity index (χ0v) is 18.3. The van der Waals surface area contributed by atoms with Gasteiger partial charge in [0.2, 0.25) is 11.9 Å². The Bertz CT molecular complexity index is 1160. The first kappa shape index (κ1) is 26.5. The number of nitrogen functional groups attached to an aromatic ring is 1. The second-order valence-electron chi connectivity index (χ2n) is 6.77. The van der Waals surface area contributed by atoms with Crippen LogP contribution in [0.15, 0.2) is 41.9 Å². The van der Waals surface area contributed by atoms with Gasteiger partial charge in [-0.2, -0.15) is 13.2 Å². The van der Waals surface area contributed by atoms with Crippen LogP contribution < -0.4 is 16.4 Å². The van der Waals surface area contributed by atoms with Gasteiger partial charge in [0.15, 0.2) is 0 Å². The molecule has 2 aromatic heterocycles. The third-order valence-corrected chi connectivity index (χ3v) is 4.80. The third-order valence-electron chi connectivity index (χ3n) is 4.49. The van der Waals surface area contributed by atoms with E-state index in [9.17, 15) is 22.8 Å². The highest BCUT2D eigenvalue weighted by Crippen LogP contribution is 2.20. The van der Waals surface area contributed by atoms with Gasteiger partial charge in [-0.05, 0) is 18.2 Å². The quantitative estimate of drug-likeness (QED) is 0.406. The highest BCUT2D eigenvalue weighted by atomic mass is 35.5. The number of carboxylic acids is 2. The Kier molecular flexibility index (Phi) is 8.48. The van der Waals surface area contributed by atoms with Crippen molar-refractivity contribution in [1.29, 1.82) is 0 Å². The first-order chi connectivity index (χ1) is 15.8. The van der Waals surface area contributed by atoms with E-state index in [0.717, 1.165) is 25.3 Å². The first-order valence-electron chi connectivity index (χ1n) is 9.38. The summed E-state index contributed by atoms with van der Waals surface area (Å²) in [5, 5.41) is 22.0. The number of aliphatic carboxylic acids is 1. The van der Waals surface area contributed by atoms with Gasteiger partial charge in [-0.25, -0.2) is 14.6 Å². The number of aromatic carboxylic acids is 1. The van der Waals surface area contributed by atoms with E-state index in [-0.39, 0.29) is 22.4 Å². The molecule has 2 aliphatic rings. The summed E-state index contributed by atoms with van der Waals surface area (Å²) in [4.78, 5) is 36.9. The van der Waals surface area contributed by atoms with Crippen LogP contribution in [0, 0.1) is 0 Å². The summed E-state index contributed by atoms with van der Waals surface area (Å²) >= 11 is 5.74. The van der Waals surface area contributed by atoms with Crippen molar-refractivity contribution in [1.82, 2.24) is 24.9 Å². The van der Waals surface area contributed by atoms with E-state index >= 15 is 0 Å². The van der Waals surface area contributed by atoms with Crippen molar-refractivity contribution >= 4 is 40.9 Å². The number of aromatic nitrogens is 2. The highest BCUT2D eigenvalue weighted by molar-refractivity contribution is 6.33. The number of likely N-dealkylation sites (N-methyl/N-ethyl adjacent to an activating group) is 1. The lowest BCUT2D eigenvalue weighted by atomic mass is 10.1. The average molecular weight is 505 g/mol. The van der Waals surface area contributed by atoms with Gasteiger partial charge in [-0.3, -0.25) is 14.5 Å². The normalized spacial score (nSPS) is 14.6. The summed E-state index contributed by atoms with van der Waals surface area (Å²) < 4.78 is 33.2. The van der Waals surface area contributed by atoms with Crippen LogP contribution in [0.3, 0.4) is 0 Å². The number of carboxylic acid groups (broad SMARTS) is 2. The van der Waals surface area contributed by atoms with Gasteiger partial charge in [-0.15, -0.1) is 0 Å². The second kappa shape index (κ2) is 10.9. The number of rotatable bonds is 2. The van der Waals surface area contributed by atoms with Crippen LogP contribution in [0.25, 0.3) is 5.52 Å². The minimum Gasteiger partial charge on any atom is -0.478 e. The van der Waals surface area contributed by atoms with Crippen molar-refractivity contribution in [3.8, 4) is 0 Å². The van der Waals surface area contributed by atoms with E-state index < -0.39 is 18.1 Å². The minimum absolute atomic E-state index is 0.00358. The Hall–Kier alpha value is -3.78. The fraction of sp³-hybridized carbons (Fsp3) is 0.263. The van der Waals surface area contributed by atoms with Gasteiger partial charge in [0.1, 0.15) is 0 Å². The number of hydrogen-bond acceptors (Lipinski definition) is 7. The number of allylic oxidation sites excluding steroid dienone is 2. The van der Waals surface area contributed by atoms with Gasteiger partial charge < -0.3 is 26.2 Å². The molecule has 2 aromatic rings. The molecule has 0 aromatic carbocycles. The number of nitrogens with two attached hydrogens (primary N) is 1. The Morgan fingerprint density at radius 3 is 2.47 bits per heavy atom. The maximum Gasteiger partial charge on any atom is 0.490 e. The Labute approximate surface area is 195 Å². The number of nitrogens with zero attached hydrogens (tertiary/aromatic N) is 3. The molecule has 6 N–H and O–H groups in total. The predicted octanol–water partition coefficient (Wildman–Crippen LogP) is 1.32. The number of pyridine rings is 1. The lowest BCUT2D eigenvalue weighted by Gasteiger charge is -2.23. The van der Waals surface area contributed by atoms with Crippen LogP contribution in [-0.2, 0) is 9.59 Å². The van der Waals surface area contributed by atoms with Gasteiger partial charge in [0, 0.05) is 37.6 Å². The average Bonchev–Trinajstić information content (AvgIpc) is 3.38. The van der Waals surface area contributed by atoms with Crippen LogP contribution in [0.4, 0.5) is 19.1 Å². The van der Waals surface area contributed by atoms with Crippen molar-refractivity contribution in [3.63, 3.8) is 0 Å². The summed E-state index contributed by atoms with van der Waals surface area (Å²) in [6.45, 7) is 2.48. The van der Waals surface area contributed by atoms with E-state index in [0.29, 0.717) is 5.52 Å². The Morgan fingerprint density at radius 1 is 1.26 bits per heavy atom. The van der Waals surface area contributed by atoms with E-state index in [1.54, 1.807) is 7.05 Å². The summed E-state index contributed by atoms with van der Waals surface area (Å²) in [5.74, 6) is -3.60. The largest absolute Gasteiger partial charge is 0.490 e. The lowest BCUT2D eigenvalue weighted by molar-refractivity contribution is -0.192. The molecule has 0 unspecified atom stereocenters. The number of amides is 1. The number of imidazole rings is 1. The highest BCUT2D eigenvalue weighted by Gasteiger charge is 2.38. The fourth-order valence-electron chi connectivity index (χ4n) is 2.81. The maximum atomic E-state index is 11.3. The molecule has 1 fully saturated rings. The van der Waals surface area contributed by atoms with Gasteiger partial charge in [0.25, 0.3) is 0 Å². The van der Waals surface area contributed by atoms with Gasteiger partial charge in [-0.1, -0.05) is 11.6 Å². The number of nitrogens with one attached hydrogen (secondary N) is 2. The molecular formula is C19H20ClF3N6O5. The monoisotopic (exact) mass is 504 g/mol. The van der Waals surface area contributed by atoms with Crippen molar-refractivity contribution in [2.45, 2.75) is 6.18 Å². The topological polar surface area (TPSA) is 162 Å². The Morgan fingerprint density at radius 2 is 1.91 bits per heavy atom. The van der Waals surface area contributed by atoms with Gasteiger partial charge in [0.05, 0.1) is 29.0 Å². The second-order valence-corrected chi connectivity index (χ2v) is 7.17. The number of alkyl halides is 3.